The minimum atomic E-state index is -0.626. The maximum absolute atomic E-state index is 11.7. The lowest BCUT2D eigenvalue weighted by molar-refractivity contribution is -0.115. The summed E-state index contributed by atoms with van der Waals surface area (Å²) in [5.41, 5.74) is 1.73. The maximum Gasteiger partial charge on any atom is 0.407 e. The average molecular weight is 264 g/mol. The number of amides is 2. The molecule has 5 heteroatoms. The second-order valence-electron chi connectivity index (χ2n) is 5.19. The van der Waals surface area contributed by atoms with Crippen LogP contribution in [0.25, 0.3) is 0 Å². The summed E-state index contributed by atoms with van der Waals surface area (Å²) < 4.78 is 4.40. The Hall–Kier alpha value is -2.04. The van der Waals surface area contributed by atoms with Crippen LogP contribution in [-0.4, -0.2) is 25.7 Å². The molecule has 5 nitrogen and oxygen atoms in total. The third-order valence-electron chi connectivity index (χ3n) is 2.59. The summed E-state index contributed by atoms with van der Waals surface area (Å²) in [5.74, 6) is -0.290. The fourth-order valence-electron chi connectivity index (χ4n) is 1.67. The van der Waals surface area contributed by atoms with Crippen molar-refractivity contribution in [2.24, 2.45) is 0 Å². The van der Waals surface area contributed by atoms with Gasteiger partial charge >= 0.3 is 6.09 Å². The first kappa shape index (κ1) is 15.0. The second-order valence-corrected chi connectivity index (χ2v) is 5.19. The first-order chi connectivity index (χ1) is 8.84. The Balaban J connectivity index is 2.72. The molecule has 1 aromatic rings. The summed E-state index contributed by atoms with van der Waals surface area (Å²) in [6, 6.07) is 7.61. The van der Waals surface area contributed by atoms with Crippen molar-refractivity contribution in [3.8, 4) is 0 Å². The molecular formula is C14H20N2O3. The van der Waals surface area contributed by atoms with E-state index in [0.717, 1.165) is 11.3 Å². The van der Waals surface area contributed by atoms with E-state index in [0.29, 0.717) is 0 Å². The van der Waals surface area contributed by atoms with Gasteiger partial charge in [0.15, 0.2) is 0 Å². The molecule has 1 rings (SSSR count). The van der Waals surface area contributed by atoms with Gasteiger partial charge in [0.1, 0.15) is 6.54 Å². The highest BCUT2D eigenvalue weighted by Crippen LogP contribution is 2.28. The van der Waals surface area contributed by atoms with Crippen LogP contribution in [0.1, 0.15) is 26.3 Å². The molecule has 0 fully saturated rings. The minimum Gasteiger partial charge on any atom is -0.453 e. The summed E-state index contributed by atoms with van der Waals surface area (Å²) >= 11 is 0. The van der Waals surface area contributed by atoms with Crippen LogP contribution >= 0.6 is 0 Å². The average Bonchev–Trinajstić information content (AvgIpc) is 2.35. The molecule has 104 valence electrons. The number of methoxy groups -OCH3 is 1. The van der Waals surface area contributed by atoms with Crippen LogP contribution in [0.4, 0.5) is 10.5 Å². The molecule has 0 saturated heterocycles. The lowest BCUT2D eigenvalue weighted by atomic mass is 9.86. The van der Waals surface area contributed by atoms with Crippen LogP contribution in [0.3, 0.4) is 0 Å². The number of benzene rings is 1. The molecule has 1 aromatic carbocycles. The van der Waals surface area contributed by atoms with Crippen molar-refractivity contribution in [3.63, 3.8) is 0 Å². The first-order valence-electron chi connectivity index (χ1n) is 6.06. The number of carbonyl (C=O) groups is 2. The van der Waals surface area contributed by atoms with E-state index in [9.17, 15) is 9.59 Å². The summed E-state index contributed by atoms with van der Waals surface area (Å²) in [4.78, 5) is 22.6. The fourth-order valence-corrected chi connectivity index (χ4v) is 1.67. The van der Waals surface area contributed by atoms with Crippen LogP contribution in [0.5, 0.6) is 0 Å². The van der Waals surface area contributed by atoms with E-state index in [1.54, 1.807) is 0 Å². The molecule has 0 bridgehead atoms. The summed E-state index contributed by atoms with van der Waals surface area (Å²) in [6.45, 7) is 6.10. The van der Waals surface area contributed by atoms with Gasteiger partial charge in [0, 0.05) is 5.69 Å². The number of para-hydroxylation sites is 1. The molecule has 0 spiro atoms. The van der Waals surface area contributed by atoms with Crippen molar-refractivity contribution in [2.45, 2.75) is 26.2 Å². The topological polar surface area (TPSA) is 67.4 Å². The van der Waals surface area contributed by atoms with Gasteiger partial charge in [0.05, 0.1) is 7.11 Å². The second kappa shape index (κ2) is 6.22. The van der Waals surface area contributed by atoms with Gasteiger partial charge in [-0.1, -0.05) is 39.0 Å². The molecule has 0 aliphatic heterocycles. The normalized spacial score (nSPS) is 10.7. The predicted octanol–water partition coefficient (Wildman–Crippen LogP) is 2.28. The van der Waals surface area contributed by atoms with E-state index < -0.39 is 6.09 Å². The smallest absolute Gasteiger partial charge is 0.407 e. The zero-order valence-corrected chi connectivity index (χ0v) is 11.7. The highest BCUT2D eigenvalue weighted by molar-refractivity contribution is 5.94. The molecule has 0 unspecified atom stereocenters. The summed E-state index contributed by atoms with van der Waals surface area (Å²) in [6.07, 6.45) is -0.626. The molecule has 0 aromatic heterocycles. The van der Waals surface area contributed by atoms with Crippen LogP contribution in [-0.2, 0) is 14.9 Å². The number of ether oxygens (including phenoxy) is 1. The number of hydrogen-bond donors (Lipinski definition) is 2. The maximum atomic E-state index is 11.7. The van der Waals surface area contributed by atoms with E-state index in [1.807, 2.05) is 24.3 Å². The van der Waals surface area contributed by atoms with Crippen LogP contribution in [0, 0.1) is 0 Å². The lowest BCUT2D eigenvalue weighted by Crippen LogP contribution is -2.33. The molecule has 2 amide bonds. The largest absolute Gasteiger partial charge is 0.453 e. The zero-order chi connectivity index (χ0) is 14.5. The Morgan fingerprint density at radius 3 is 2.42 bits per heavy atom. The zero-order valence-electron chi connectivity index (χ0n) is 11.7. The minimum absolute atomic E-state index is 0.0698. The number of rotatable bonds is 3. The number of carbonyl (C=O) groups excluding carboxylic acids is 2. The third-order valence-corrected chi connectivity index (χ3v) is 2.59. The summed E-state index contributed by atoms with van der Waals surface area (Å²) in [7, 11) is 1.25. The van der Waals surface area contributed by atoms with Crippen molar-refractivity contribution in [1.82, 2.24) is 5.32 Å². The first-order valence-corrected chi connectivity index (χ1v) is 6.06. The van der Waals surface area contributed by atoms with Crippen molar-refractivity contribution < 1.29 is 14.3 Å². The quantitative estimate of drug-likeness (QED) is 0.880. The molecule has 0 aliphatic rings. The van der Waals surface area contributed by atoms with E-state index in [1.165, 1.54) is 7.11 Å². The Morgan fingerprint density at radius 1 is 1.21 bits per heavy atom. The van der Waals surface area contributed by atoms with E-state index in [2.05, 4.69) is 36.1 Å². The van der Waals surface area contributed by atoms with E-state index in [4.69, 9.17) is 0 Å². The van der Waals surface area contributed by atoms with Crippen LogP contribution in [0.2, 0.25) is 0 Å². The Labute approximate surface area is 113 Å². The lowest BCUT2D eigenvalue weighted by Gasteiger charge is -2.23. The van der Waals surface area contributed by atoms with E-state index in [-0.39, 0.29) is 17.9 Å². The Kier molecular flexibility index (Phi) is 4.92. The summed E-state index contributed by atoms with van der Waals surface area (Å²) in [5, 5.41) is 5.12. The molecule has 0 aliphatic carbocycles. The number of nitrogens with one attached hydrogen (secondary N) is 2. The van der Waals surface area contributed by atoms with Gasteiger partial charge in [0.2, 0.25) is 5.91 Å². The fraction of sp³-hybridized carbons (Fsp3) is 0.429. The van der Waals surface area contributed by atoms with Crippen molar-refractivity contribution in [3.05, 3.63) is 29.8 Å². The molecule has 0 radical (unpaired) electrons. The molecule has 19 heavy (non-hydrogen) atoms. The van der Waals surface area contributed by atoms with Crippen LogP contribution < -0.4 is 10.6 Å². The van der Waals surface area contributed by atoms with Crippen molar-refractivity contribution >= 4 is 17.7 Å². The molecule has 0 saturated carbocycles. The molecule has 0 atom stereocenters. The van der Waals surface area contributed by atoms with Crippen molar-refractivity contribution in [1.29, 1.82) is 0 Å². The molecular weight excluding hydrogens is 244 g/mol. The highest BCUT2D eigenvalue weighted by Gasteiger charge is 2.18. The van der Waals surface area contributed by atoms with Crippen LogP contribution in [0.15, 0.2) is 24.3 Å². The van der Waals surface area contributed by atoms with E-state index >= 15 is 0 Å². The number of alkyl carbamates (subject to hydrolysis) is 1. The predicted molar refractivity (Wildman–Crippen MR) is 74.2 cm³/mol. The van der Waals surface area contributed by atoms with Gasteiger partial charge in [-0.05, 0) is 17.0 Å². The molecule has 2 N–H and O–H groups in total. The Morgan fingerprint density at radius 2 is 1.84 bits per heavy atom. The Bertz CT molecular complexity index is 464. The number of hydrogen-bond acceptors (Lipinski definition) is 3. The third kappa shape index (κ3) is 4.62. The SMILES string of the molecule is COC(=O)NCC(=O)Nc1ccccc1C(C)(C)C. The van der Waals surface area contributed by atoms with Crippen molar-refractivity contribution in [2.75, 3.05) is 19.0 Å². The van der Waals surface area contributed by atoms with Gasteiger partial charge in [-0.15, -0.1) is 0 Å². The van der Waals surface area contributed by atoms with Gasteiger partial charge in [0.25, 0.3) is 0 Å². The molecule has 0 heterocycles. The van der Waals surface area contributed by atoms with Gasteiger partial charge in [-0.3, -0.25) is 4.79 Å². The van der Waals surface area contributed by atoms with Gasteiger partial charge < -0.3 is 15.4 Å². The number of anilines is 1. The monoisotopic (exact) mass is 264 g/mol. The standard InChI is InChI=1S/C14H20N2O3/c1-14(2,3)10-7-5-6-8-11(10)16-12(17)9-15-13(18)19-4/h5-8H,9H2,1-4H3,(H,15,18)(H,16,17). The highest BCUT2D eigenvalue weighted by atomic mass is 16.5. The van der Waals surface area contributed by atoms with Gasteiger partial charge in [-0.2, -0.15) is 0 Å². The van der Waals surface area contributed by atoms with Gasteiger partial charge in [-0.25, -0.2) is 4.79 Å².